The van der Waals surface area contributed by atoms with Gasteiger partial charge in [-0.15, -0.1) is 0 Å². The van der Waals surface area contributed by atoms with Crippen molar-refractivity contribution in [3.8, 4) is 11.8 Å². The molecular weight excluding hydrogens is 266 g/mol. The van der Waals surface area contributed by atoms with Crippen LogP contribution in [-0.4, -0.2) is 17.5 Å². The van der Waals surface area contributed by atoms with Gasteiger partial charge in [-0.2, -0.15) is 5.26 Å². The minimum absolute atomic E-state index is 0.0464. The quantitative estimate of drug-likeness (QED) is 0.914. The molecule has 5 heteroatoms. The van der Waals surface area contributed by atoms with E-state index in [-0.39, 0.29) is 12.5 Å². The van der Waals surface area contributed by atoms with E-state index in [9.17, 15) is 4.79 Å². The summed E-state index contributed by atoms with van der Waals surface area (Å²) in [5, 5.41) is 11.8. The number of carbonyl (C=O) groups is 1. The lowest BCUT2D eigenvalue weighted by Gasteiger charge is -2.17. The van der Waals surface area contributed by atoms with Gasteiger partial charge >= 0.3 is 0 Å². The summed E-state index contributed by atoms with van der Waals surface area (Å²) in [4.78, 5) is 15.2. The van der Waals surface area contributed by atoms with Crippen LogP contribution in [0, 0.1) is 11.3 Å². The molecule has 1 N–H and O–H groups in total. The number of aromatic nitrogens is 1. The van der Waals surface area contributed by atoms with Gasteiger partial charge in [-0.25, -0.2) is 0 Å². The molecule has 0 saturated carbocycles. The van der Waals surface area contributed by atoms with Crippen LogP contribution in [0.25, 0.3) is 12.2 Å². The highest BCUT2D eigenvalue weighted by Crippen LogP contribution is 2.29. The fourth-order valence-electron chi connectivity index (χ4n) is 2.03. The van der Waals surface area contributed by atoms with Crippen LogP contribution in [0.2, 0.25) is 0 Å². The summed E-state index contributed by atoms with van der Waals surface area (Å²) in [7, 11) is 0. The van der Waals surface area contributed by atoms with Gasteiger partial charge in [-0.1, -0.05) is 18.2 Å². The molecule has 0 spiro atoms. The maximum absolute atomic E-state index is 11.3. The summed E-state index contributed by atoms with van der Waals surface area (Å²) in [6, 6.07) is 9.40. The topological polar surface area (TPSA) is 75.0 Å². The Bertz CT molecular complexity index is 775. The number of amides is 1. The zero-order valence-electron chi connectivity index (χ0n) is 11.0. The number of nitrogens with one attached hydrogen (secondary N) is 1. The second kappa shape index (κ2) is 5.47. The second-order valence-corrected chi connectivity index (χ2v) is 4.50. The molecule has 0 aliphatic carbocycles. The number of hydrogen-bond acceptors (Lipinski definition) is 4. The minimum Gasteiger partial charge on any atom is -0.482 e. The Balaban J connectivity index is 1.89. The highest BCUT2D eigenvalue weighted by Gasteiger charge is 2.15. The molecule has 2 aromatic rings. The molecule has 102 valence electrons. The molecule has 1 aromatic heterocycles. The first-order valence-electron chi connectivity index (χ1n) is 6.35. The number of rotatable bonds is 2. The van der Waals surface area contributed by atoms with Crippen LogP contribution in [0.4, 0.5) is 5.69 Å². The summed E-state index contributed by atoms with van der Waals surface area (Å²) in [5.74, 6) is 0.498. The van der Waals surface area contributed by atoms with Gasteiger partial charge in [-0.05, 0) is 29.3 Å². The van der Waals surface area contributed by atoms with Crippen LogP contribution in [0.15, 0.2) is 36.7 Å². The lowest BCUT2D eigenvalue weighted by molar-refractivity contribution is -0.118. The Kier molecular flexibility index (Phi) is 3.36. The summed E-state index contributed by atoms with van der Waals surface area (Å²) < 4.78 is 5.30. The first kappa shape index (κ1) is 12.9. The molecule has 0 unspecified atom stereocenters. The molecule has 0 saturated heterocycles. The van der Waals surface area contributed by atoms with Gasteiger partial charge in [0.2, 0.25) is 0 Å². The maximum atomic E-state index is 11.3. The van der Waals surface area contributed by atoms with Crippen molar-refractivity contribution in [3.05, 3.63) is 53.3 Å². The predicted octanol–water partition coefficient (Wildman–Crippen LogP) is 2.45. The Morgan fingerprint density at radius 1 is 1.33 bits per heavy atom. The lowest BCUT2D eigenvalue weighted by Crippen LogP contribution is -2.25. The van der Waals surface area contributed by atoms with E-state index in [1.54, 1.807) is 12.3 Å². The average Bonchev–Trinajstić information content (AvgIpc) is 2.52. The predicted molar refractivity (Wildman–Crippen MR) is 78.4 cm³/mol. The summed E-state index contributed by atoms with van der Waals surface area (Å²) in [6.07, 6.45) is 6.88. The number of nitriles is 1. The first-order chi connectivity index (χ1) is 10.3. The summed E-state index contributed by atoms with van der Waals surface area (Å²) in [6.45, 7) is 0.0464. The number of nitrogens with zero attached hydrogens (tertiary/aromatic N) is 2. The van der Waals surface area contributed by atoms with Crippen molar-refractivity contribution in [2.45, 2.75) is 0 Å². The third-order valence-corrected chi connectivity index (χ3v) is 3.07. The number of ether oxygens (including phenoxy) is 1. The molecule has 0 bridgehead atoms. The first-order valence-corrected chi connectivity index (χ1v) is 6.35. The van der Waals surface area contributed by atoms with E-state index in [0.717, 1.165) is 11.1 Å². The zero-order chi connectivity index (χ0) is 14.7. The van der Waals surface area contributed by atoms with Gasteiger partial charge < -0.3 is 10.1 Å². The van der Waals surface area contributed by atoms with Gasteiger partial charge in [0.25, 0.3) is 5.91 Å². The third-order valence-electron chi connectivity index (χ3n) is 3.07. The van der Waals surface area contributed by atoms with E-state index in [1.165, 1.54) is 6.20 Å². The van der Waals surface area contributed by atoms with Crippen LogP contribution >= 0.6 is 0 Å². The molecule has 1 aliphatic rings. The van der Waals surface area contributed by atoms with Crippen molar-refractivity contribution in [3.63, 3.8) is 0 Å². The number of pyridine rings is 1. The third kappa shape index (κ3) is 2.74. The highest BCUT2D eigenvalue weighted by molar-refractivity contribution is 5.95. The van der Waals surface area contributed by atoms with E-state index >= 15 is 0 Å². The fourth-order valence-corrected chi connectivity index (χ4v) is 2.03. The molecule has 21 heavy (non-hydrogen) atoms. The second-order valence-electron chi connectivity index (χ2n) is 4.50. The van der Waals surface area contributed by atoms with Crippen LogP contribution in [0.5, 0.6) is 5.75 Å². The number of fused-ring (bicyclic) bond motifs is 1. The van der Waals surface area contributed by atoms with Crippen LogP contribution in [0.3, 0.4) is 0 Å². The van der Waals surface area contributed by atoms with Crippen LogP contribution < -0.4 is 10.1 Å². The Morgan fingerprint density at radius 2 is 2.24 bits per heavy atom. The number of benzene rings is 1. The van der Waals surface area contributed by atoms with E-state index in [1.807, 2.05) is 30.4 Å². The van der Waals surface area contributed by atoms with E-state index in [4.69, 9.17) is 10.00 Å². The Hall–Kier alpha value is -3.13. The zero-order valence-corrected chi connectivity index (χ0v) is 11.0. The SMILES string of the molecule is N#Cc1cnccc1C=Cc1ccc2c(c1)NC(=O)CO2. The largest absolute Gasteiger partial charge is 0.482 e. The van der Waals surface area contributed by atoms with Gasteiger partial charge in [-0.3, -0.25) is 9.78 Å². The number of anilines is 1. The van der Waals surface area contributed by atoms with Crippen LogP contribution in [-0.2, 0) is 4.79 Å². The minimum atomic E-state index is -0.162. The number of carbonyl (C=O) groups excluding carboxylic acids is 1. The van der Waals surface area contributed by atoms with Gasteiger partial charge in [0.15, 0.2) is 6.61 Å². The van der Waals surface area contributed by atoms with Crippen molar-refractivity contribution in [1.29, 1.82) is 5.26 Å². The van der Waals surface area contributed by atoms with Gasteiger partial charge in [0, 0.05) is 12.4 Å². The van der Waals surface area contributed by atoms with Crippen molar-refractivity contribution in [2.24, 2.45) is 0 Å². The van der Waals surface area contributed by atoms with Gasteiger partial charge in [0.05, 0.1) is 11.3 Å². The molecule has 5 nitrogen and oxygen atoms in total. The monoisotopic (exact) mass is 277 g/mol. The maximum Gasteiger partial charge on any atom is 0.262 e. The molecule has 1 aliphatic heterocycles. The fraction of sp³-hybridized carbons (Fsp3) is 0.0625. The molecule has 2 heterocycles. The van der Waals surface area contributed by atoms with Crippen molar-refractivity contribution in [2.75, 3.05) is 11.9 Å². The molecule has 0 fully saturated rings. The molecular formula is C16H11N3O2. The molecule has 0 radical (unpaired) electrons. The molecule has 3 rings (SSSR count). The standard InChI is InChI=1S/C16H11N3O2/c17-8-13-9-18-6-5-12(13)3-1-11-2-4-15-14(7-11)19-16(20)10-21-15/h1-7,9H,10H2,(H,19,20). The van der Waals surface area contributed by atoms with E-state index in [0.29, 0.717) is 17.0 Å². The normalized spacial score (nSPS) is 13.2. The van der Waals surface area contributed by atoms with E-state index < -0.39 is 0 Å². The van der Waals surface area contributed by atoms with Crippen LogP contribution in [0.1, 0.15) is 16.7 Å². The van der Waals surface area contributed by atoms with Gasteiger partial charge in [0.1, 0.15) is 11.8 Å². The Labute approximate surface area is 121 Å². The smallest absolute Gasteiger partial charge is 0.262 e. The average molecular weight is 277 g/mol. The van der Waals surface area contributed by atoms with E-state index in [2.05, 4.69) is 16.4 Å². The Morgan fingerprint density at radius 3 is 3.10 bits per heavy atom. The highest BCUT2D eigenvalue weighted by atomic mass is 16.5. The number of hydrogen-bond donors (Lipinski definition) is 1. The summed E-state index contributed by atoms with van der Waals surface area (Å²) in [5.41, 5.74) is 2.87. The van der Waals surface area contributed by atoms with Crippen molar-refractivity contribution in [1.82, 2.24) is 4.98 Å². The molecule has 1 amide bonds. The molecule has 1 aromatic carbocycles. The van der Waals surface area contributed by atoms with Crippen molar-refractivity contribution < 1.29 is 9.53 Å². The summed E-state index contributed by atoms with van der Waals surface area (Å²) >= 11 is 0. The molecule has 0 atom stereocenters. The van der Waals surface area contributed by atoms with Crippen molar-refractivity contribution >= 4 is 23.7 Å². The lowest BCUT2D eigenvalue weighted by atomic mass is 10.1.